The van der Waals surface area contributed by atoms with Gasteiger partial charge in [-0.15, -0.1) is 0 Å². The predicted octanol–water partition coefficient (Wildman–Crippen LogP) is 3.53. The highest BCUT2D eigenvalue weighted by Crippen LogP contribution is 2.32. The molecule has 1 N–H and O–H groups in total. The number of benzene rings is 1. The lowest BCUT2D eigenvalue weighted by molar-refractivity contribution is -0.120. The first-order chi connectivity index (χ1) is 11.3. The van der Waals surface area contributed by atoms with Crippen LogP contribution in [-0.4, -0.2) is 30.2 Å². The Hall–Kier alpha value is -1.36. The van der Waals surface area contributed by atoms with Crippen molar-refractivity contribution in [1.29, 1.82) is 0 Å². The van der Waals surface area contributed by atoms with Gasteiger partial charge in [0.1, 0.15) is 0 Å². The predicted molar refractivity (Wildman–Crippen MR) is 93.2 cm³/mol. The van der Waals surface area contributed by atoms with Crippen LogP contribution in [0.4, 0.5) is 0 Å². The largest absolute Gasteiger partial charge is 0.454 e. The molecule has 1 heterocycles. The molecule has 2 aliphatic rings. The maximum absolute atomic E-state index is 11.9. The quantitative estimate of drug-likeness (QED) is 0.775. The molecule has 1 aromatic rings. The van der Waals surface area contributed by atoms with Crippen LogP contribution in [0.25, 0.3) is 0 Å². The maximum atomic E-state index is 11.9. The van der Waals surface area contributed by atoms with E-state index in [1.807, 2.05) is 30.0 Å². The normalized spacial score (nSPS) is 17.2. The molecule has 1 saturated carbocycles. The van der Waals surface area contributed by atoms with Crippen molar-refractivity contribution in [2.75, 3.05) is 19.1 Å². The molecule has 0 unspecified atom stereocenters. The van der Waals surface area contributed by atoms with E-state index in [4.69, 9.17) is 9.47 Å². The number of carbonyl (C=O) groups is 1. The Kier molecular flexibility index (Phi) is 6.08. The molecule has 0 spiro atoms. The van der Waals surface area contributed by atoms with E-state index < -0.39 is 0 Å². The minimum absolute atomic E-state index is 0.131. The van der Waals surface area contributed by atoms with Crippen molar-refractivity contribution in [3.8, 4) is 11.5 Å². The lowest BCUT2D eigenvalue weighted by Crippen LogP contribution is -2.26. The van der Waals surface area contributed by atoms with Crippen molar-refractivity contribution >= 4 is 17.7 Å². The minimum Gasteiger partial charge on any atom is -0.454 e. The third kappa shape index (κ3) is 5.06. The van der Waals surface area contributed by atoms with Crippen LogP contribution in [0.2, 0.25) is 0 Å². The number of aryl methyl sites for hydroxylation is 1. The number of thioether (sulfide) groups is 1. The second-order valence-corrected chi connectivity index (χ2v) is 7.58. The van der Waals surface area contributed by atoms with E-state index in [1.165, 1.54) is 32.1 Å². The number of carbonyl (C=O) groups excluding carboxylic acids is 1. The van der Waals surface area contributed by atoms with E-state index in [0.717, 1.165) is 41.0 Å². The Morgan fingerprint density at radius 1 is 1.17 bits per heavy atom. The SMILES string of the molecule is O=C(CCc1ccc2c(c1)OCO2)NCCSC1CCCCC1. The maximum Gasteiger partial charge on any atom is 0.231 e. The second kappa shape index (κ2) is 8.48. The molecule has 1 aliphatic heterocycles. The van der Waals surface area contributed by atoms with Crippen LogP contribution in [0.15, 0.2) is 18.2 Å². The summed E-state index contributed by atoms with van der Waals surface area (Å²) >= 11 is 2.02. The number of amides is 1. The Bertz CT molecular complexity index is 529. The van der Waals surface area contributed by atoms with Gasteiger partial charge in [0.25, 0.3) is 0 Å². The van der Waals surface area contributed by atoms with Gasteiger partial charge in [0.15, 0.2) is 11.5 Å². The fourth-order valence-electron chi connectivity index (χ4n) is 3.09. The van der Waals surface area contributed by atoms with E-state index in [0.29, 0.717) is 6.42 Å². The average Bonchev–Trinajstić information content (AvgIpc) is 3.05. The third-order valence-electron chi connectivity index (χ3n) is 4.41. The number of nitrogens with one attached hydrogen (secondary N) is 1. The molecule has 23 heavy (non-hydrogen) atoms. The summed E-state index contributed by atoms with van der Waals surface area (Å²) in [6.45, 7) is 1.07. The molecule has 0 saturated heterocycles. The van der Waals surface area contributed by atoms with Crippen molar-refractivity contribution in [1.82, 2.24) is 5.32 Å². The first-order valence-corrected chi connectivity index (χ1v) is 9.63. The van der Waals surface area contributed by atoms with E-state index in [2.05, 4.69) is 5.32 Å². The molecule has 1 aromatic carbocycles. The zero-order valence-electron chi connectivity index (χ0n) is 13.5. The molecule has 0 radical (unpaired) electrons. The van der Waals surface area contributed by atoms with Crippen LogP contribution in [0, 0.1) is 0 Å². The van der Waals surface area contributed by atoms with Gasteiger partial charge in [0.05, 0.1) is 0 Å². The van der Waals surface area contributed by atoms with E-state index in [1.54, 1.807) is 0 Å². The van der Waals surface area contributed by atoms with Crippen LogP contribution >= 0.6 is 11.8 Å². The van der Waals surface area contributed by atoms with Crippen LogP contribution in [0.3, 0.4) is 0 Å². The summed E-state index contributed by atoms with van der Waals surface area (Å²) in [5, 5.41) is 3.84. The Morgan fingerprint density at radius 3 is 2.87 bits per heavy atom. The van der Waals surface area contributed by atoms with E-state index in [-0.39, 0.29) is 12.7 Å². The standard InChI is InChI=1S/C18H25NO3S/c20-18(19-10-11-23-15-4-2-1-3-5-15)9-7-14-6-8-16-17(12-14)22-13-21-16/h6,8,12,15H,1-5,7,9-11,13H2,(H,19,20). The molecule has 0 bridgehead atoms. The van der Waals surface area contributed by atoms with E-state index >= 15 is 0 Å². The molecule has 0 aromatic heterocycles. The zero-order chi connectivity index (χ0) is 15.9. The van der Waals surface area contributed by atoms with Crippen LogP contribution in [0.5, 0.6) is 11.5 Å². The number of ether oxygens (including phenoxy) is 2. The minimum atomic E-state index is 0.131. The van der Waals surface area contributed by atoms with Gasteiger partial charge in [-0.25, -0.2) is 0 Å². The third-order valence-corrected chi connectivity index (χ3v) is 5.79. The van der Waals surface area contributed by atoms with Crippen molar-refractivity contribution in [2.24, 2.45) is 0 Å². The number of fused-ring (bicyclic) bond motifs is 1. The molecule has 1 aliphatic carbocycles. The van der Waals surface area contributed by atoms with Gasteiger partial charge in [0.2, 0.25) is 12.7 Å². The number of hydrogen-bond donors (Lipinski definition) is 1. The number of rotatable bonds is 7. The van der Waals surface area contributed by atoms with Gasteiger partial charge in [0, 0.05) is 24.0 Å². The molecule has 1 amide bonds. The summed E-state index contributed by atoms with van der Waals surface area (Å²) in [6, 6.07) is 5.88. The van der Waals surface area contributed by atoms with Crippen molar-refractivity contribution in [3.63, 3.8) is 0 Å². The molecule has 1 fully saturated rings. The Morgan fingerprint density at radius 2 is 2.00 bits per heavy atom. The lowest BCUT2D eigenvalue weighted by Gasteiger charge is -2.20. The Labute approximate surface area is 142 Å². The molecule has 4 nitrogen and oxygen atoms in total. The first kappa shape index (κ1) is 16.5. The fraction of sp³-hybridized carbons (Fsp3) is 0.611. The summed E-state index contributed by atoms with van der Waals surface area (Å²) in [6.07, 6.45) is 8.10. The van der Waals surface area contributed by atoms with Crippen molar-refractivity contribution < 1.29 is 14.3 Å². The Balaban J connectivity index is 1.30. The molecular formula is C18H25NO3S. The van der Waals surface area contributed by atoms with Gasteiger partial charge in [-0.05, 0) is 37.0 Å². The summed E-state index contributed by atoms with van der Waals surface area (Å²) in [7, 11) is 0. The highest BCUT2D eigenvalue weighted by molar-refractivity contribution is 7.99. The first-order valence-electron chi connectivity index (χ1n) is 8.58. The molecular weight excluding hydrogens is 310 g/mol. The van der Waals surface area contributed by atoms with Gasteiger partial charge < -0.3 is 14.8 Å². The summed E-state index contributed by atoms with van der Waals surface area (Å²) in [4.78, 5) is 11.9. The second-order valence-electron chi connectivity index (χ2n) is 6.17. The highest BCUT2D eigenvalue weighted by atomic mass is 32.2. The fourth-order valence-corrected chi connectivity index (χ4v) is 4.31. The van der Waals surface area contributed by atoms with E-state index in [9.17, 15) is 4.79 Å². The van der Waals surface area contributed by atoms with Crippen LogP contribution < -0.4 is 14.8 Å². The van der Waals surface area contributed by atoms with Crippen LogP contribution in [0.1, 0.15) is 44.1 Å². The van der Waals surface area contributed by atoms with Crippen molar-refractivity contribution in [2.45, 2.75) is 50.2 Å². The molecule has 3 rings (SSSR count). The van der Waals surface area contributed by atoms with Gasteiger partial charge in [-0.2, -0.15) is 11.8 Å². The van der Waals surface area contributed by atoms with Gasteiger partial charge in [-0.3, -0.25) is 4.79 Å². The van der Waals surface area contributed by atoms with Crippen molar-refractivity contribution in [3.05, 3.63) is 23.8 Å². The summed E-state index contributed by atoms with van der Waals surface area (Å²) in [5.74, 6) is 2.73. The molecule has 126 valence electrons. The number of hydrogen-bond acceptors (Lipinski definition) is 4. The van der Waals surface area contributed by atoms with Crippen LogP contribution in [-0.2, 0) is 11.2 Å². The molecule has 0 atom stereocenters. The lowest BCUT2D eigenvalue weighted by atomic mass is 10.0. The summed E-state index contributed by atoms with van der Waals surface area (Å²) < 4.78 is 10.6. The summed E-state index contributed by atoms with van der Waals surface area (Å²) in [5.41, 5.74) is 1.11. The zero-order valence-corrected chi connectivity index (χ0v) is 14.3. The van der Waals surface area contributed by atoms with Gasteiger partial charge in [-0.1, -0.05) is 25.3 Å². The monoisotopic (exact) mass is 335 g/mol. The average molecular weight is 335 g/mol. The highest BCUT2D eigenvalue weighted by Gasteiger charge is 2.14. The topological polar surface area (TPSA) is 47.6 Å². The smallest absolute Gasteiger partial charge is 0.231 e. The molecule has 5 heteroatoms. The van der Waals surface area contributed by atoms with Gasteiger partial charge >= 0.3 is 0 Å².